The molecule has 1 aliphatic heterocycles. The molecule has 0 bridgehead atoms. The van der Waals surface area contributed by atoms with Crippen molar-refractivity contribution in [3.05, 3.63) is 42.3 Å². The summed E-state index contributed by atoms with van der Waals surface area (Å²) in [4.78, 5) is 4.20. The van der Waals surface area contributed by atoms with E-state index in [9.17, 15) is 0 Å². The van der Waals surface area contributed by atoms with Crippen molar-refractivity contribution >= 4 is 11.4 Å². The Morgan fingerprint density at radius 3 is 2.86 bits per heavy atom. The Morgan fingerprint density at radius 1 is 1.36 bits per heavy atom. The van der Waals surface area contributed by atoms with Gasteiger partial charge in [0, 0.05) is 0 Å². The number of hydrogen-bond acceptors (Lipinski definition) is 4. The van der Waals surface area contributed by atoms with E-state index >= 15 is 0 Å². The third-order valence-corrected chi connectivity index (χ3v) is 2.05. The van der Waals surface area contributed by atoms with Crippen LogP contribution >= 0.6 is 0 Å². The van der Waals surface area contributed by atoms with Crippen molar-refractivity contribution in [2.45, 2.75) is 0 Å². The first-order chi connectivity index (χ1) is 6.77. The number of anilines is 1. The van der Waals surface area contributed by atoms with Crippen LogP contribution in [0.15, 0.2) is 36.6 Å². The molecular weight excluding hydrogens is 176 g/mol. The fraction of sp³-hybridized carbons (Fsp3) is 0.100. The third kappa shape index (κ3) is 1.60. The first-order valence-electron chi connectivity index (χ1n) is 4.38. The summed E-state index contributed by atoms with van der Waals surface area (Å²) < 4.78 is 0. The zero-order chi connectivity index (χ0) is 9.97. The summed E-state index contributed by atoms with van der Waals surface area (Å²) >= 11 is 0. The van der Waals surface area contributed by atoms with Gasteiger partial charge in [-0.25, -0.2) is 5.84 Å². The molecule has 0 atom stereocenters. The Kier molecular flexibility index (Phi) is 2.20. The molecule has 72 valence electrons. The van der Waals surface area contributed by atoms with Crippen LogP contribution in [-0.2, 0) is 0 Å². The number of hydrogen-bond donors (Lipinski definition) is 2. The molecule has 0 unspecified atom stereocenters. The second-order valence-corrected chi connectivity index (χ2v) is 3.11. The van der Waals surface area contributed by atoms with Crippen molar-refractivity contribution in [2.24, 2.45) is 5.84 Å². The number of pyridine rings is 1. The van der Waals surface area contributed by atoms with Crippen LogP contribution in [0.1, 0.15) is 5.69 Å². The molecule has 1 aliphatic rings. The zero-order valence-electron chi connectivity index (χ0n) is 7.72. The lowest BCUT2D eigenvalue weighted by atomic mass is 10.2. The lowest BCUT2D eigenvalue weighted by Crippen LogP contribution is -2.31. The number of allylic oxidation sites excluding steroid dienone is 2. The van der Waals surface area contributed by atoms with E-state index in [4.69, 9.17) is 11.6 Å². The number of nitrogen functional groups attached to an aromatic ring is 1. The highest BCUT2D eigenvalue weighted by atomic mass is 15.4. The van der Waals surface area contributed by atoms with Gasteiger partial charge in [0.15, 0.2) is 0 Å². The SMILES string of the molecule is Nc1ccc(C2=CC=CCN2N)nc1. The Bertz CT molecular complexity index is 378. The standard InChI is InChI=1S/C10H12N4/c11-8-4-5-9(13-7-8)10-3-1-2-6-14(10)12/h1-5,7H,6,11-12H2. The van der Waals surface area contributed by atoms with Crippen molar-refractivity contribution in [2.75, 3.05) is 12.3 Å². The lowest BCUT2D eigenvalue weighted by molar-refractivity contribution is 0.457. The number of nitrogens with two attached hydrogens (primary N) is 2. The largest absolute Gasteiger partial charge is 0.397 e. The van der Waals surface area contributed by atoms with E-state index in [-0.39, 0.29) is 0 Å². The van der Waals surface area contributed by atoms with E-state index in [0.29, 0.717) is 12.2 Å². The Balaban J connectivity index is 2.34. The quantitative estimate of drug-likeness (QED) is 0.638. The minimum Gasteiger partial charge on any atom is -0.397 e. The molecule has 4 heteroatoms. The van der Waals surface area contributed by atoms with Crippen LogP contribution in [0.25, 0.3) is 5.70 Å². The van der Waals surface area contributed by atoms with Gasteiger partial charge in [0.25, 0.3) is 0 Å². The van der Waals surface area contributed by atoms with Crippen LogP contribution in [0.2, 0.25) is 0 Å². The lowest BCUT2D eigenvalue weighted by Gasteiger charge is -2.22. The molecule has 14 heavy (non-hydrogen) atoms. The molecule has 0 aromatic carbocycles. The molecule has 0 spiro atoms. The maximum Gasteiger partial charge on any atom is 0.0878 e. The molecule has 0 saturated carbocycles. The highest BCUT2D eigenvalue weighted by molar-refractivity contribution is 5.64. The third-order valence-electron chi connectivity index (χ3n) is 2.05. The van der Waals surface area contributed by atoms with E-state index in [1.807, 2.05) is 30.4 Å². The van der Waals surface area contributed by atoms with Gasteiger partial charge in [-0.3, -0.25) is 4.98 Å². The molecule has 0 radical (unpaired) electrons. The molecule has 0 amide bonds. The molecule has 1 aromatic heterocycles. The van der Waals surface area contributed by atoms with Crippen molar-refractivity contribution in [3.8, 4) is 0 Å². The molecule has 4 nitrogen and oxygen atoms in total. The van der Waals surface area contributed by atoms with Gasteiger partial charge in [0.2, 0.25) is 0 Å². The molecule has 2 rings (SSSR count). The fourth-order valence-electron chi connectivity index (χ4n) is 1.32. The molecule has 0 fully saturated rings. The predicted octanol–water partition coefficient (Wildman–Crippen LogP) is 0.750. The van der Waals surface area contributed by atoms with E-state index in [1.165, 1.54) is 0 Å². The first-order valence-corrected chi connectivity index (χ1v) is 4.38. The van der Waals surface area contributed by atoms with Gasteiger partial charge in [0.05, 0.1) is 29.8 Å². The van der Waals surface area contributed by atoms with E-state index < -0.39 is 0 Å². The minimum absolute atomic E-state index is 0.657. The molecule has 4 N–H and O–H groups in total. The van der Waals surface area contributed by atoms with Crippen molar-refractivity contribution in [1.29, 1.82) is 0 Å². The van der Waals surface area contributed by atoms with Crippen LogP contribution in [0, 0.1) is 0 Å². The van der Waals surface area contributed by atoms with E-state index in [0.717, 1.165) is 11.4 Å². The summed E-state index contributed by atoms with van der Waals surface area (Å²) in [6.45, 7) is 0.706. The van der Waals surface area contributed by atoms with Crippen molar-refractivity contribution in [3.63, 3.8) is 0 Å². The number of rotatable bonds is 1. The summed E-state index contributed by atoms with van der Waals surface area (Å²) in [6.07, 6.45) is 7.52. The van der Waals surface area contributed by atoms with E-state index in [1.54, 1.807) is 11.2 Å². The summed E-state index contributed by atoms with van der Waals surface area (Å²) in [5.74, 6) is 5.79. The Morgan fingerprint density at radius 2 is 2.21 bits per heavy atom. The second-order valence-electron chi connectivity index (χ2n) is 3.11. The highest BCUT2D eigenvalue weighted by Crippen LogP contribution is 2.17. The Labute approximate surface area is 82.5 Å². The topological polar surface area (TPSA) is 68.2 Å². The van der Waals surface area contributed by atoms with Crippen LogP contribution in [0.4, 0.5) is 5.69 Å². The molecule has 1 aromatic rings. The first kappa shape index (κ1) is 8.77. The van der Waals surface area contributed by atoms with Crippen LogP contribution < -0.4 is 11.6 Å². The molecule has 0 aliphatic carbocycles. The van der Waals surface area contributed by atoms with Crippen LogP contribution in [0.3, 0.4) is 0 Å². The van der Waals surface area contributed by atoms with E-state index in [2.05, 4.69) is 4.98 Å². The zero-order valence-corrected chi connectivity index (χ0v) is 7.72. The van der Waals surface area contributed by atoms with Gasteiger partial charge in [-0.15, -0.1) is 0 Å². The molecule has 0 saturated heterocycles. The van der Waals surface area contributed by atoms with Gasteiger partial charge in [-0.05, 0) is 18.2 Å². The van der Waals surface area contributed by atoms with Gasteiger partial charge in [-0.1, -0.05) is 12.2 Å². The second kappa shape index (κ2) is 3.51. The molecule has 2 heterocycles. The van der Waals surface area contributed by atoms with Gasteiger partial charge < -0.3 is 10.7 Å². The fourth-order valence-corrected chi connectivity index (χ4v) is 1.32. The average molecular weight is 188 g/mol. The summed E-state index contributed by atoms with van der Waals surface area (Å²) in [7, 11) is 0. The van der Waals surface area contributed by atoms with Crippen LogP contribution in [-0.4, -0.2) is 16.5 Å². The van der Waals surface area contributed by atoms with Crippen molar-refractivity contribution in [1.82, 2.24) is 9.99 Å². The summed E-state index contributed by atoms with van der Waals surface area (Å²) in [5, 5.41) is 1.65. The van der Waals surface area contributed by atoms with Crippen molar-refractivity contribution < 1.29 is 0 Å². The minimum atomic E-state index is 0.657. The number of hydrazine groups is 1. The summed E-state index contributed by atoms with van der Waals surface area (Å²) in [5.41, 5.74) is 7.96. The molecular formula is C10H12N4. The normalized spacial score (nSPS) is 15.5. The number of aromatic nitrogens is 1. The van der Waals surface area contributed by atoms with Gasteiger partial charge in [-0.2, -0.15) is 0 Å². The average Bonchev–Trinajstić information content (AvgIpc) is 2.20. The van der Waals surface area contributed by atoms with Crippen LogP contribution in [0.5, 0.6) is 0 Å². The maximum atomic E-state index is 5.79. The maximum absolute atomic E-state index is 5.79. The predicted molar refractivity (Wildman–Crippen MR) is 56.7 cm³/mol. The number of nitrogens with zero attached hydrogens (tertiary/aromatic N) is 2. The monoisotopic (exact) mass is 188 g/mol. The Hall–Kier alpha value is -1.81. The van der Waals surface area contributed by atoms with Gasteiger partial charge >= 0.3 is 0 Å². The smallest absolute Gasteiger partial charge is 0.0878 e. The van der Waals surface area contributed by atoms with Gasteiger partial charge in [0.1, 0.15) is 0 Å². The highest BCUT2D eigenvalue weighted by Gasteiger charge is 2.09. The summed E-state index contributed by atoms with van der Waals surface area (Å²) in [6, 6.07) is 3.68.